The Hall–Kier alpha value is -2.40. The van der Waals surface area contributed by atoms with Crippen LogP contribution in [0, 0.1) is 6.92 Å². The fourth-order valence-corrected chi connectivity index (χ4v) is 2.86. The fourth-order valence-electron chi connectivity index (χ4n) is 2.86. The van der Waals surface area contributed by atoms with Crippen molar-refractivity contribution in [3.63, 3.8) is 0 Å². The molecule has 0 aliphatic carbocycles. The summed E-state index contributed by atoms with van der Waals surface area (Å²) in [5.74, 6) is -0.299. The number of carbonyl (C=O) groups excluding carboxylic acids is 1. The second kappa shape index (κ2) is 9.18. The van der Waals surface area contributed by atoms with Crippen LogP contribution in [0.15, 0.2) is 47.4 Å². The van der Waals surface area contributed by atoms with Gasteiger partial charge in [0.05, 0.1) is 6.61 Å². The molecular weight excluding hydrogens is 316 g/mol. The van der Waals surface area contributed by atoms with Gasteiger partial charge >= 0.3 is 0 Å². The second-order valence-corrected chi connectivity index (χ2v) is 6.12. The lowest BCUT2D eigenvalue weighted by Gasteiger charge is -2.22. The number of benzene rings is 1. The Bertz CT molecular complexity index is 747. The number of pyridine rings is 1. The molecule has 0 fully saturated rings. The third-order valence-corrected chi connectivity index (χ3v) is 4.22. The topological polar surface area (TPSA) is 62.5 Å². The molecule has 0 aliphatic heterocycles. The van der Waals surface area contributed by atoms with Crippen LogP contribution in [-0.2, 0) is 13.0 Å². The van der Waals surface area contributed by atoms with Crippen LogP contribution in [0.4, 0.5) is 0 Å². The molecule has 0 atom stereocenters. The number of nitrogens with zero attached hydrogens (tertiary/aromatic N) is 2. The van der Waals surface area contributed by atoms with Gasteiger partial charge in [-0.15, -0.1) is 0 Å². The molecule has 0 spiro atoms. The van der Waals surface area contributed by atoms with E-state index in [4.69, 9.17) is 0 Å². The summed E-state index contributed by atoms with van der Waals surface area (Å²) in [6.07, 6.45) is 3.25. The quantitative estimate of drug-likeness (QED) is 0.800. The van der Waals surface area contributed by atoms with Crippen LogP contribution in [0.1, 0.15) is 34.8 Å². The van der Waals surface area contributed by atoms with Crippen molar-refractivity contribution in [2.75, 3.05) is 19.7 Å². The minimum Gasteiger partial charge on any atom is -0.395 e. The summed E-state index contributed by atoms with van der Waals surface area (Å²) < 4.78 is 1.59. The Kier molecular flexibility index (Phi) is 6.95. The number of amides is 1. The maximum Gasteiger partial charge on any atom is 0.263 e. The van der Waals surface area contributed by atoms with Crippen LogP contribution in [0.25, 0.3) is 0 Å². The number of rotatable bonds is 8. The van der Waals surface area contributed by atoms with Gasteiger partial charge in [0.25, 0.3) is 11.5 Å². The van der Waals surface area contributed by atoms with Crippen LogP contribution in [0.3, 0.4) is 0 Å². The molecule has 0 aliphatic rings. The highest BCUT2D eigenvalue weighted by molar-refractivity contribution is 5.95. The molecule has 0 unspecified atom stereocenters. The van der Waals surface area contributed by atoms with Gasteiger partial charge < -0.3 is 14.6 Å². The van der Waals surface area contributed by atoms with Gasteiger partial charge in [0.15, 0.2) is 0 Å². The van der Waals surface area contributed by atoms with Crippen molar-refractivity contribution in [1.82, 2.24) is 9.47 Å². The molecule has 2 rings (SSSR count). The molecule has 0 saturated heterocycles. The molecule has 1 heterocycles. The molecule has 0 bridgehead atoms. The maximum atomic E-state index is 12.8. The van der Waals surface area contributed by atoms with E-state index < -0.39 is 0 Å². The lowest BCUT2D eigenvalue weighted by molar-refractivity contribution is 0.0718. The first-order valence-corrected chi connectivity index (χ1v) is 8.72. The van der Waals surface area contributed by atoms with Gasteiger partial charge in [-0.2, -0.15) is 0 Å². The van der Waals surface area contributed by atoms with Crippen molar-refractivity contribution < 1.29 is 9.90 Å². The second-order valence-electron chi connectivity index (χ2n) is 6.12. The first-order chi connectivity index (χ1) is 12.1. The smallest absolute Gasteiger partial charge is 0.263 e. The van der Waals surface area contributed by atoms with E-state index in [0.717, 1.165) is 18.4 Å². The van der Waals surface area contributed by atoms with Gasteiger partial charge in [-0.05, 0) is 37.0 Å². The summed E-state index contributed by atoms with van der Waals surface area (Å²) in [4.78, 5) is 27.2. The zero-order valence-corrected chi connectivity index (χ0v) is 14.9. The predicted octanol–water partition coefficient (Wildman–Crippen LogP) is 2.24. The monoisotopic (exact) mass is 342 g/mol. The summed E-state index contributed by atoms with van der Waals surface area (Å²) in [7, 11) is 0. The lowest BCUT2D eigenvalue weighted by Crippen LogP contribution is -2.39. The van der Waals surface area contributed by atoms with Crippen LogP contribution in [0.5, 0.6) is 0 Å². The van der Waals surface area contributed by atoms with Crippen LogP contribution in [-0.4, -0.2) is 40.2 Å². The number of aliphatic hydroxyl groups is 1. The predicted molar refractivity (Wildman–Crippen MR) is 98.9 cm³/mol. The van der Waals surface area contributed by atoms with Gasteiger partial charge in [-0.1, -0.05) is 37.3 Å². The molecule has 2 aromatic rings. The molecule has 134 valence electrons. The molecule has 5 heteroatoms. The SMILES string of the molecule is CCCN(CCO)C(=O)c1c(C)ccn(CCc2ccccc2)c1=O. The number of hydrogen-bond donors (Lipinski definition) is 1. The average molecular weight is 342 g/mol. The fraction of sp³-hybridized carbons (Fsp3) is 0.400. The summed E-state index contributed by atoms with van der Waals surface area (Å²) in [5.41, 5.74) is 1.76. The summed E-state index contributed by atoms with van der Waals surface area (Å²) in [5, 5.41) is 9.19. The van der Waals surface area contributed by atoms with E-state index in [2.05, 4.69) is 0 Å². The van der Waals surface area contributed by atoms with Gasteiger partial charge in [0.1, 0.15) is 5.56 Å². The Labute approximate surface area is 148 Å². The molecule has 1 amide bonds. The van der Waals surface area contributed by atoms with Crippen molar-refractivity contribution in [2.24, 2.45) is 0 Å². The van der Waals surface area contributed by atoms with Crippen LogP contribution >= 0.6 is 0 Å². The highest BCUT2D eigenvalue weighted by Gasteiger charge is 2.21. The van der Waals surface area contributed by atoms with Gasteiger partial charge in [0, 0.05) is 25.8 Å². The van der Waals surface area contributed by atoms with Crippen molar-refractivity contribution in [1.29, 1.82) is 0 Å². The van der Waals surface area contributed by atoms with Crippen molar-refractivity contribution >= 4 is 5.91 Å². The van der Waals surface area contributed by atoms with E-state index >= 15 is 0 Å². The van der Waals surface area contributed by atoms with Crippen LogP contribution in [0.2, 0.25) is 0 Å². The Morgan fingerprint density at radius 1 is 1.16 bits per heavy atom. The normalized spacial score (nSPS) is 10.7. The first kappa shape index (κ1) is 18.9. The largest absolute Gasteiger partial charge is 0.395 e. The maximum absolute atomic E-state index is 12.8. The van der Waals surface area contributed by atoms with E-state index in [0.29, 0.717) is 18.7 Å². The highest BCUT2D eigenvalue weighted by atomic mass is 16.3. The Morgan fingerprint density at radius 3 is 2.52 bits per heavy atom. The minimum atomic E-state index is -0.299. The average Bonchev–Trinajstić information content (AvgIpc) is 2.61. The summed E-state index contributed by atoms with van der Waals surface area (Å²) >= 11 is 0. The van der Waals surface area contributed by atoms with E-state index in [9.17, 15) is 14.7 Å². The van der Waals surface area contributed by atoms with Crippen molar-refractivity contribution in [2.45, 2.75) is 33.2 Å². The van der Waals surface area contributed by atoms with Crippen molar-refractivity contribution in [3.8, 4) is 0 Å². The molecule has 5 nitrogen and oxygen atoms in total. The molecule has 1 aromatic carbocycles. The standard InChI is InChI=1S/C20H26N2O3/c1-3-11-21(14-15-23)19(24)18-16(2)9-12-22(20(18)25)13-10-17-7-5-4-6-8-17/h4-9,12,23H,3,10-11,13-15H2,1-2H3. The number of hydrogen-bond acceptors (Lipinski definition) is 3. The number of carbonyl (C=O) groups is 1. The molecule has 0 saturated carbocycles. The summed E-state index contributed by atoms with van der Waals surface area (Å²) in [6.45, 7) is 4.92. The van der Waals surface area contributed by atoms with E-state index in [1.807, 2.05) is 43.3 Å². The number of aliphatic hydroxyl groups excluding tert-OH is 1. The third-order valence-electron chi connectivity index (χ3n) is 4.22. The van der Waals surface area contributed by atoms with Gasteiger partial charge in [-0.3, -0.25) is 9.59 Å². The Balaban J connectivity index is 2.26. The molecule has 0 radical (unpaired) electrons. The molecule has 25 heavy (non-hydrogen) atoms. The number of aromatic nitrogens is 1. The summed E-state index contributed by atoms with van der Waals surface area (Å²) in [6, 6.07) is 11.8. The van der Waals surface area contributed by atoms with Gasteiger partial charge in [0.2, 0.25) is 0 Å². The lowest BCUT2D eigenvalue weighted by atomic mass is 10.1. The molecule has 1 aromatic heterocycles. The minimum absolute atomic E-state index is 0.111. The number of aryl methyl sites for hydroxylation is 3. The molecular formula is C20H26N2O3. The van der Waals surface area contributed by atoms with Gasteiger partial charge in [-0.25, -0.2) is 0 Å². The van der Waals surface area contributed by atoms with Crippen LogP contribution < -0.4 is 5.56 Å². The van der Waals surface area contributed by atoms with E-state index in [-0.39, 0.29) is 30.2 Å². The van der Waals surface area contributed by atoms with E-state index in [1.165, 1.54) is 0 Å². The van der Waals surface area contributed by atoms with E-state index in [1.54, 1.807) is 22.6 Å². The highest BCUT2D eigenvalue weighted by Crippen LogP contribution is 2.08. The Morgan fingerprint density at radius 2 is 1.88 bits per heavy atom. The zero-order valence-electron chi connectivity index (χ0n) is 14.9. The van der Waals surface area contributed by atoms with Crippen molar-refractivity contribution in [3.05, 3.63) is 69.6 Å². The molecule has 1 N–H and O–H groups in total. The third kappa shape index (κ3) is 4.79. The first-order valence-electron chi connectivity index (χ1n) is 8.72. The zero-order chi connectivity index (χ0) is 18.2.